The van der Waals surface area contributed by atoms with Crippen LogP contribution >= 0.6 is 0 Å². The van der Waals surface area contributed by atoms with Gasteiger partial charge in [-0.2, -0.15) is 0 Å². The minimum atomic E-state index is 0.112. The maximum absolute atomic E-state index is 12.6. The maximum Gasteiger partial charge on any atom is 0.236 e. The zero-order valence-corrected chi connectivity index (χ0v) is 14.9. The number of amides is 1. The Kier molecular flexibility index (Phi) is 7.07. The molecule has 0 spiro atoms. The third kappa shape index (κ3) is 6.20. The van der Waals surface area contributed by atoms with Crippen molar-refractivity contribution in [2.24, 2.45) is 5.92 Å². The number of nitrogens with zero attached hydrogens (tertiary/aromatic N) is 1. The van der Waals surface area contributed by atoms with Gasteiger partial charge in [-0.25, -0.2) is 0 Å². The standard InChI is InChI=1S/C20H28N2O2/c1-16(2)13-21-14-20(23)22(15-19-10-9-17(3)24-19)12-11-18-7-5-4-6-8-18/h4-10,16,21H,11-15H2,1-3H3. The quantitative estimate of drug-likeness (QED) is 0.767. The molecule has 4 nitrogen and oxygen atoms in total. The molecular formula is C20H28N2O2. The molecule has 1 N–H and O–H groups in total. The molecule has 0 unspecified atom stereocenters. The van der Waals surface area contributed by atoms with Gasteiger partial charge < -0.3 is 14.6 Å². The number of carbonyl (C=O) groups excluding carboxylic acids is 1. The Balaban J connectivity index is 1.95. The van der Waals surface area contributed by atoms with Crippen molar-refractivity contribution in [2.75, 3.05) is 19.6 Å². The molecule has 1 aromatic heterocycles. The summed E-state index contributed by atoms with van der Waals surface area (Å²) in [6, 6.07) is 14.1. The van der Waals surface area contributed by atoms with E-state index in [1.54, 1.807) is 0 Å². The molecule has 130 valence electrons. The van der Waals surface area contributed by atoms with Gasteiger partial charge in [-0.05, 0) is 43.5 Å². The number of aryl methyl sites for hydroxylation is 1. The average Bonchev–Trinajstić information content (AvgIpc) is 2.97. The Bertz CT molecular complexity index is 620. The first-order valence-corrected chi connectivity index (χ1v) is 8.62. The van der Waals surface area contributed by atoms with E-state index in [0.717, 1.165) is 24.5 Å². The molecule has 0 saturated heterocycles. The molecule has 1 amide bonds. The van der Waals surface area contributed by atoms with Gasteiger partial charge in [0.05, 0.1) is 13.1 Å². The zero-order chi connectivity index (χ0) is 17.4. The second-order valence-corrected chi connectivity index (χ2v) is 6.59. The van der Waals surface area contributed by atoms with E-state index in [-0.39, 0.29) is 5.91 Å². The van der Waals surface area contributed by atoms with Crippen molar-refractivity contribution in [3.8, 4) is 0 Å². The van der Waals surface area contributed by atoms with Crippen LogP contribution in [0.3, 0.4) is 0 Å². The highest BCUT2D eigenvalue weighted by Gasteiger charge is 2.15. The lowest BCUT2D eigenvalue weighted by Gasteiger charge is -2.22. The van der Waals surface area contributed by atoms with Gasteiger partial charge in [-0.1, -0.05) is 44.2 Å². The summed E-state index contributed by atoms with van der Waals surface area (Å²) in [7, 11) is 0. The summed E-state index contributed by atoms with van der Waals surface area (Å²) in [5.41, 5.74) is 1.24. The van der Waals surface area contributed by atoms with Crippen LogP contribution in [0, 0.1) is 12.8 Å². The summed E-state index contributed by atoms with van der Waals surface area (Å²) in [6.07, 6.45) is 0.844. The van der Waals surface area contributed by atoms with E-state index >= 15 is 0 Å². The highest BCUT2D eigenvalue weighted by atomic mass is 16.3. The summed E-state index contributed by atoms with van der Waals surface area (Å²) < 4.78 is 5.64. The lowest BCUT2D eigenvalue weighted by molar-refractivity contribution is -0.131. The molecule has 24 heavy (non-hydrogen) atoms. The van der Waals surface area contributed by atoms with E-state index in [9.17, 15) is 4.79 Å². The fourth-order valence-electron chi connectivity index (χ4n) is 2.54. The number of carbonyl (C=O) groups is 1. The van der Waals surface area contributed by atoms with Crippen LogP contribution in [0.15, 0.2) is 46.9 Å². The Morgan fingerprint density at radius 1 is 1.17 bits per heavy atom. The van der Waals surface area contributed by atoms with Crippen molar-refractivity contribution >= 4 is 5.91 Å². The predicted octanol–water partition coefficient (Wildman–Crippen LogP) is 3.40. The number of furan rings is 1. The van der Waals surface area contributed by atoms with Crippen LogP contribution in [0.4, 0.5) is 0 Å². The van der Waals surface area contributed by atoms with Crippen molar-refractivity contribution in [1.82, 2.24) is 10.2 Å². The van der Waals surface area contributed by atoms with Gasteiger partial charge in [0, 0.05) is 6.54 Å². The van der Waals surface area contributed by atoms with E-state index in [2.05, 4.69) is 31.3 Å². The van der Waals surface area contributed by atoms with Crippen LogP contribution < -0.4 is 5.32 Å². The van der Waals surface area contributed by atoms with Gasteiger partial charge in [0.1, 0.15) is 11.5 Å². The number of hydrogen-bond donors (Lipinski definition) is 1. The SMILES string of the molecule is Cc1ccc(CN(CCc2ccccc2)C(=O)CNCC(C)C)o1. The van der Waals surface area contributed by atoms with Crippen molar-refractivity contribution < 1.29 is 9.21 Å². The Labute approximate surface area is 144 Å². The number of hydrogen-bond acceptors (Lipinski definition) is 3. The van der Waals surface area contributed by atoms with E-state index in [1.807, 2.05) is 42.2 Å². The van der Waals surface area contributed by atoms with Crippen LogP contribution in [0.2, 0.25) is 0 Å². The fourth-order valence-corrected chi connectivity index (χ4v) is 2.54. The van der Waals surface area contributed by atoms with Crippen LogP contribution in [-0.2, 0) is 17.8 Å². The van der Waals surface area contributed by atoms with E-state index in [4.69, 9.17) is 4.42 Å². The normalized spacial score (nSPS) is 11.0. The van der Waals surface area contributed by atoms with Gasteiger partial charge in [0.2, 0.25) is 5.91 Å². The number of nitrogens with one attached hydrogen (secondary N) is 1. The zero-order valence-electron chi connectivity index (χ0n) is 14.9. The first-order chi connectivity index (χ1) is 11.5. The molecule has 0 radical (unpaired) electrons. The first kappa shape index (κ1) is 18.3. The highest BCUT2D eigenvalue weighted by Crippen LogP contribution is 2.11. The van der Waals surface area contributed by atoms with E-state index in [0.29, 0.717) is 25.6 Å². The molecule has 2 rings (SSSR count). The van der Waals surface area contributed by atoms with E-state index < -0.39 is 0 Å². The smallest absolute Gasteiger partial charge is 0.236 e. The first-order valence-electron chi connectivity index (χ1n) is 8.62. The average molecular weight is 328 g/mol. The van der Waals surface area contributed by atoms with Gasteiger partial charge in [-0.3, -0.25) is 4.79 Å². The lowest BCUT2D eigenvalue weighted by Crippen LogP contribution is -2.39. The third-order valence-corrected chi connectivity index (χ3v) is 3.84. The van der Waals surface area contributed by atoms with Gasteiger partial charge in [0.25, 0.3) is 0 Å². The van der Waals surface area contributed by atoms with Crippen molar-refractivity contribution in [3.05, 3.63) is 59.5 Å². The predicted molar refractivity (Wildman–Crippen MR) is 96.7 cm³/mol. The molecule has 1 heterocycles. The monoisotopic (exact) mass is 328 g/mol. The molecule has 4 heteroatoms. The molecule has 0 aliphatic rings. The molecule has 0 bridgehead atoms. The number of rotatable bonds is 9. The van der Waals surface area contributed by atoms with Crippen LogP contribution in [-0.4, -0.2) is 30.4 Å². The van der Waals surface area contributed by atoms with Crippen molar-refractivity contribution in [3.63, 3.8) is 0 Å². The molecule has 0 fully saturated rings. The Morgan fingerprint density at radius 3 is 2.54 bits per heavy atom. The third-order valence-electron chi connectivity index (χ3n) is 3.84. The summed E-state index contributed by atoms with van der Waals surface area (Å²) in [5, 5.41) is 3.23. The van der Waals surface area contributed by atoms with Crippen LogP contribution in [0.1, 0.15) is 30.9 Å². The summed E-state index contributed by atoms with van der Waals surface area (Å²) in [4.78, 5) is 14.5. The Morgan fingerprint density at radius 2 is 1.92 bits per heavy atom. The highest BCUT2D eigenvalue weighted by molar-refractivity contribution is 5.78. The van der Waals surface area contributed by atoms with Crippen molar-refractivity contribution in [1.29, 1.82) is 0 Å². The second-order valence-electron chi connectivity index (χ2n) is 6.59. The van der Waals surface area contributed by atoms with Crippen molar-refractivity contribution in [2.45, 2.75) is 33.7 Å². The topological polar surface area (TPSA) is 45.5 Å². The minimum Gasteiger partial charge on any atom is -0.464 e. The molecular weight excluding hydrogens is 300 g/mol. The minimum absolute atomic E-state index is 0.112. The van der Waals surface area contributed by atoms with Gasteiger partial charge >= 0.3 is 0 Å². The molecule has 0 saturated carbocycles. The molecule has 0 aliphatic heterocycles. The fraction of sp³-hybridized carbons (Fsp3) is 0.450. The largest absolute Gasteiger partial charge is 0.464 e. The Hall–Kier alpha value is -2.07. The second kappa shape index (κ2) is 9.28. The molecule has 2 aromatic rings. The van der Waals surface area contributed by atoms with Gasteiger partial charge in [0.15, 0.2) is 0 Å². The van der Waals surface area contributed by atoms with E-state index in [1.165, 1.54) is 5.56 Å². The molecule has 0 aliphatic carbocycles. The molecule has 1 aromatic carbocycles. The molecule has 0 atom stereocenters. The summed E-state index contributed by atoms with van der Waals surface area (Å²) in [6.45, 7) is 8.61. The lowest BCUT2D eigenvalue weighted by atomic mass is 10.1. The maximum atomic E-state index is 12.6. The summed E-state index contributed by atoms with van der Waals surface area (Å²) in [5.74, 6) is 2.35. The summed E-state index contributed by atoms with van der Waals surface area (Å²) >= 11 is 0. The van der Waals surface area contributed by atoms with Crippen LogP contribution in [0.5, 0.6) is 0 Å². The number of benzene rings is 1. The van der Waals surface area contributed by atoms with Gasteiger partial charge in [-0.15, -0.1) is 0 Å². The van der Waals surface area contributed by atoms with Crippen LogP contribution in [0.25, 0.3) is 0 Å².